The molecule has 0 radical (unpaired) electrons. The van der Waals surface area contributed by atoms with Crippen LogP contribution in [0.15, 0.2) is 30.7 Å². The van der Waals surface area contributed by atoms with Crippen molar-refractivity contribution < 1.29 is 14.2 Å². The van der Waals surface area contributed by atoms with Crippen LogP contribution in [-0.2, 0) is 39.9 Å². The van der Waals surface area contributed by atoms with E-state index in [2.05, 4.69) is 130 Å². The van der Waals surface area contributed by atoms with Crippen molar-refractivity contribution in [1.82, 2.24) is 45.0 Å². The van der Waals surface area contributed by atoms with Crippen LogP contribution in [0.5, 0.6) is 17.2 Å². The number of halogens is 1. The topological polar surface area (TPSA) is 120 Å². The van der Waals surface area contributed by atoms with Gasteiger partial charge in [-0.25, -0.2) is 14.0 Å². The van der Waals surface area contributed by atoms with Crippen molar-refractivity contribution in [2.75, 3.05) is 0 Å². The summed E-state index contributed by atoms with van der Waals surface area (Å²) in [6.45, 7) is 23.5. The molecule has 0 saturated heterocycles. The first-order chi connectivity index (χ1) is 19.8. The van der Waals surface area contributed by atoms with Crippen LogP contribution in [0.3, 0.4) is 0 Å². The van der Waals surface area contributed by atoms with E-state index >= 15 is 0 Å². The van der Waals surface area contributed by atoms with Crippen LogP contribution in [-0.4, -0.2) is 45.0 Å². The molecule has 4 rings (SSSR count). The van der Waals surface area contributed by atoms with E-state index < -0.39 is 0 Å². The highest BCUT2D eigenvalue weighted by atomic mass is 127. The van der Waals surface area contributed by atoms with Crippen molar-refractivity contribution in [1.29, 1.82) is 0 Å². The van der Waals surface area contributed by atoms with Crippen LogP contribution < -0.4 is 14.2 Å². The first-order valence-corrected chi connectivity index (χ1v) is 15.4. The van der Waals surface area contributed by atoms with E-state index in [1.54, 1.807) is 0 Å². The van der Waals surface area contributed by atoms with Crippen molar-refractivity contribution in [2.24, 2.45) is 0 Å². The molecule has 0 saturated carbocycles. The van der Waals surface area contributed by atoms with E-state index in [4.69, 9.17) is 14.2 Å². The molecule has 1 aromatic carbocycles. The van der Waals surface area contributed by atoms with Crippen LogP contribution >= 0.6 is 22.6 Å². The Hall–Kier alpha value is -3.23. The minimum atomic E-state index is -0.216. The first-order valence-electron chi connectivity index (χ1n) is 14.3. The van der Waals surface area contributed by atoms with Gasteiger partial charge in [-0.1, -0.05) is 38.2 Å². The number of benzene rings is 1. The fourth-order valence-corrected chi connectivity index (χ4v) is 4.11. The molecule has 0 aliphatic heterocycles. The van der Waals surface area contributed by atoms with Gasteiger partial charge in [0, 0.05) is 3.42 Å². The normalized spacial score (nSPS) is 12.9. The van der Waals surface area contributed by atoms with Gasteiger partial charge in [0.15, 0.2) is 11.5 Å². The molecular formula is C30H44IN9O3. The van der Waals surface area contributed by atoms with Crippen LogP contribution in [0.25, 0.3) is 0 Å². The standard InChI is InChI=1S/C30H44IN9O3/c1-27(2,3)38-14-21(32-35-38)17-41-24-12-20(30(10,11)31)13-25(42-18-22-15-39(36-33-22)28(4,5)6)26(24)43-19-23-16-40(37-34-23)29(7,8)9/h12-16H,17-19H2,1-11H3. The summed E-state index contributed by atoms with van der Waals surface area (Å²) in [5.74, 6) is 1.52. The summed E-state index contributed by atoms with van der Waals surface area (Å²) in [6, 6.07) is 3.98. The molecule has 0 atom stereocenters. The number of hydrogen-bond acceptors (Lipinski definition) is 9. The Labute approximate surface area is 267 Å². The SMILES string of the molecule is CC(C)(I)c1cc(OCc2cn(C(C)(C)C)nn2)c(OCc2cn(C(C)(C)C)nn2)c(OCc2cn(C(C)(C)C)nn2)c1. The number of rotatable bonds is 10. The Morgan fingerprint density at radius 1 is 0.558 bits per heavy atom. The van der Waals surface area contributed by atoms with Gasteiger partial charge >= 0.3 is 0 Å². The molecule has 0 aliphatic rings. The van der Waals surface area contributed by atoms with E-state index in [9.17, 15) is 0 Å². The van der Waals surface area contributed by atoms with Crippen molar-refractivity contribution in [3.05, 3.63) is 53.4 Å². The molecule has 43 heavy (non-hydrogen) atoms. The lowest BCUT2D eigenvalue weighted by atomic mass is 10.0. The molecule has 12 nitrogen and oxygen atoms in total. The van der Waals surface area contributed by atoms with Crippen molar-refractivity contribution in [3.63, 3.8) is 0 Å². The summed E-state index contributed by atoms with van der Waals surface area (Å²) in [5, 5.41) is 25.8. The minimum Gasteiger partial charge on any atom is -0.483 e. The third-order valence-corrected chi connectivity index (χ3v) is 7.13. The number of alkyl halides is 1. The number of hydrogen-bond donors (Lipinski definition) is 0. The second-order valence-electron chi connectivity index (χ2n) is 14.1. The summed E-state index contributed by atoms with van der Waals surface area (Å²) >= 11 is 2.41. The van der Waals surface area contributed by atoms with Gasteiger partial charge < -0.3 is 14.2 Å². The largest absolute Gasteiger partial charge is 0.483 e. The zero-order valence-electron chi connectivity index (χ0n) is 27.1. The molecule has 0 fully saturated rings. The molecule has 3 aromatic heterocycles. The van der Waals surface area contributed by atoms with Gasteiger partial charge in [0.05, 0.1) is 35.2 Å². The number of aromatic nitrogens is 9. The summed E-state index contributed by atoms with van der Waals surface area (Å²) < 4.78 is 24.4. The zero-order chi connectivity index (χ0) is 31.8. The third kappa shape index (κ3) is 8.45. The van der Waals surface area contributed by atoms with Gasteiger partial charge in [0.2, 0.25) is 5.75 Å². The van der Waals surface area contributed by atoms with Gasteiger partial charge in [0.25, 0.3) is 0 Å². The zero-order valence-corrected chi connectivity index (χ0v) is 29.3. The Morgan fingerprint density at radius 2 is 0.884 bits per heavy atom. The van der Waals surface area contributed by atoms with E-state index in [0.717, 1.165) is 5.56 Å². The van der Waals surface area contributed by atoms with Crippen LogP contribution in [0, 0.1) is 0 Å². The molecule has 13 heteroatoms. The van der Waals surface area contributed by atoms with Crippen molar-refractivity contribution in [2.45, 2.75) is 116 Å². The van der Waals surface area contributed by atoms with Gasteiger partial charge in [0.1, 0.15) is 36.9 Å². The molecule has 0 unspecified atom stereocenters. The maximum absolute atomic E-state index is 6.39. The Morgan fingerprint density at radius 3 is 1.16 bits per heavy atom. The number of nitrogens with zero attached hydrogens (tertiary/aromatic N) is 9. The van der Waals surface area contributed by atoms with E-state index in [0.29, 0.717) is 34.3 Å². The van der Waals surface area contributed by atoms with E-state index in [1.807, 2.05) is 44.8 Å². The van der Waals surface area contributed by atoms with Gasteiger partial charge in [-0.05, 0) is 93.9 Å². The molecule has 234 valence electrons. The van der Waals surface area contributed by atoms with Gasteiger partial charge in [-0.2, -0.15) is 0 Å². The lowest BCUT2D eigenvalue weighted by Gasteiger charge is -2.23. The van der Waals surface area contributed by atoms with Crippen molar-refractivity contribution in [3.8, 4) is 17.2 Å². The summed E-state index contributed by atoms with van der Waals surface area (Å²) in [7, 11) is 0. The van der Waals surface area contributed by atoms with Gasteiger partial charge in [-0.3, -0.25) is 0 Å². The maximum atomic E-state index is 6.39. The minimum absolute atomic E-state index is 0.177. The quantitative estimate of drug-likeness (QED) is 0.142. The van der Waals surface area contributed by atoms with Crippen LogP contribution in [0.4, 0.5) is 0 Å². The third-order valence-electron chi connectivity index (χ3n) is 6.51. The Balaban J connectivity index is 1.68. The molecule has 0 aliphatic carbocycles. The lowest BCUT2D eigenvalue weighted by molar-refractivity contribution is 0.225. The fraction of sp³-hybridized carbons (Fsp3) is 0.600. The fourth-order valence-electron chi connectivity index (χ4n) is 3.80. The molecule has 3 heterocycles. The average molecular weight is 706 g/mol. The Bertz CT molecular complexity index is 1450. The predicted octanol–water partition coefficient (Wildman–Crippen LogP) is 6.13. The highest BCUT2D eigenvalue weighted by Crippen LogP contribution is 2.44. The number of ether oxygens (including phenoxy) is 3. The maximum Gasteiger partial charge on any atom is 0.204 e. The summed E-state index contributed by atoms with van der Waals surface area (Å²) in [6.07, 6.45) is 5.68. The van der Waals surface area contributed by atoms with E-state index in [-0.39, 0.29) is 39.9 Å². The van der Waals surface area contributed by atoms with Gasteiger partial charge in [-0.15, -0.1) is 15.3 Å². The Kier molecular flexibility index (Phi) is 9.15. The molecule has 0 spiro atoms. The van der Waals surface area contributed by atoms with Crippen LogP contribution in [0.2, 0.25) is 0 Å². The first kappa shape index (κ1) is 32.7. The van der Waals surface area contributed by atoms with E-state index in [1.165, 1.54) is 0 Å². The molecule has 0 amide bonds. The molecule has 0 bridgehead atoms. The predicted molar refractivity (Wildman–Crippen MR) is 172 cm³/mol. The molecule has 4 aromatic rings. The smallest absolute Gasteiger partial charge is 0.204 e. The van der Waals surface area contributed by atoms with Crippen molar-refractivity contribution >= 4 is 22.6 Å². The lowest BCUT2D eigenvalue weighted by Crippen LogP contribution is -2.22. The molecule has 0 N–H and O–H groups in total. The molecular weight excluding hydrogens is 661 g/mol. The van der Waals surface area contributed by atoms with Crippen LogP contribution in [0.1, 0.15) is 98.8 Å². The highest BCUT2D eigenvalue weighted by molar-refractivity contribution is 14.1. The average Bonchev–Trinajstić information content (AvgIpc) is 3.64. The second kappa shape index (κ2) is 12.0. The summed E-state index contributed by atoms with van der Waals surface area (Å²) in [4.78, 5) is 0. The summed E-state index contributed by atoms with van der Waals surface area (Å²) in [5.41, 5.74) is 2.53. The second-order valence-corrected chi connectivity index (χ2v) is 16.8. The monoisotopic (exact) mass is 705 g/mol. The highest BCUT2D eigenvalue weighted by Gasteiger charge is 2.25.